The molecular formula is C15H31NO2. The molecule has 0 amide bonds. The number of ether oxygens (including phenoxy) is 1. The maximum Gasteiger partial charge on any atom is 0.0959 e. The van der Waals surface area contributed by atoms with Gasteiger partial charge >= 0.3 is 0 Å². The van der Waals surface area contributed by atoms with Gasteiger partial charge in [-0.2, -0.15) is 0 Å². The Morgan fingerprint density at radius 2 is 2.06 bits per heavy atom. The van der Waals surface area contributed by atoms with Crippen molar-refractivity contribution in [2.75, 3.05) is 6.61 Å². The summed E-state index contributed by atoms with van der Waals surface area (Å²) < 4.78 is 6.09. The van der Waals surface area contributed by atoms with Crippen LogP contribution in [0.3, 0.4) is 0 Å². The van der Waals surface area contributed by atoms with Gasteiger partial charge in [-0.25, -0.2) is 0 Å². The second-order valence-corrected chi connectivity index (χ2v) is 6.84. The number of nitrogens with two attached hydrogens (primary N) is 1. The summed E-state index contributed by atoms with van der Waals surface area (Å²) in [7, 11) is 0. The van der Waals surface area contributed by atoms with Gasteiger partial charge in [0, 0.05) is 6.04 Å². The van der Waals surface area contributed by atoms with Gasteiger partial charge < -0.3 is 15.6 Å². The minimum absolute atomic E-state index is 0.0342. The molecule has 3 nitrogen and oxygen atoms in total. The predicted octanol–water partition coefficient (Wildman–Crippen LogP) is 2.71. The Hall–Kier alpha value is -0.120. The third-order valence-electron chi connectivity index (χ3n) is 3.99. The van der Waals surface area contributed by atoms with Crippen molar-refractivity contribution >= 4 is 0 Å². The fraction of sp³-hybridized carbons (Fsp3) is 1.00. The Kier molecular flexibility index (Phi) is 6.09. The summed E-state index contributed by atoms with van der Waals surface area (Å²) in [5.74, 6) is 0.695. The van der Waals surface area contributed by atoms with Crippen LogP contribution in [-0.2, 0) is 4.74 Å². The molecular weight excluding hydrogens is 226 g/mol. The first-order chi connectivity index (χ1) is 8.38. The highest BCUT2D eigenvalue weighted by atomic mass is 16.5. The average molecular weight is 257 g/mol. The molecule has 0 heterocycles. The molecule has 0 aliphatic heterocycles. The van der Waals surface area contributed by atoms with Gasteiger partial charge in [-0.05, 0) is 37.0 Å². The van der Waals surface area contributed by atoms with E-state index in [1.165, 1.54) is 6.42 Å². The molecule has 0 bridgehead atoms. The van der Waals surface area contributed by atoms with Crippen molar-refractivity contribution in [2.45, 2.75) is 78.0 Å². The van der Waals surface area contributed by atoms with Crippen molar-refractivity contribution in [3.63, 3.8) is 0 Å². The van der Waals surface area contributed by atoms with Crippen LogP contribution in [0.15, 0.2) is 0 Å². The van der Waals surface area contributed by atoms with E-state index in [1.807, 2.05) is 0 Å². The summed E-state index contributed by atoms with van der Waals surface area (Å²) in [6.45, 7) is 9.04. The SMILES string of the molecule is CCCC(N)C(CO)OC1CC(C)CC(C)(C)C1. The molecule has 0 spiro atoms. The Balaban J connectivity index is 2.53. The van der Waals surface area contributed by atoms with E-state index in [9.17, 15) is 5.11 Å². The van der Waals surface area contributed by atoms with Gasteiger partial charge in [0.1, 0.15) is 0 Å². The number of hydrogen-bond donors (Lipinski definition) is 2. The first kappa shape index (κ1) is 15.9. The van der Waals surface area contributed by atoms with Gasteiger partial charge in [0.2, 0.25) is 0 Å². The molecule has 4 unspecified atom stereocenters. The molecule has 1 saturated carbocycles. The van der Waals surface area contributed by atoms with Crippen molar-refractivity contribution in [1.82, 2.24) is 0 Å². The van der Waals surface area contributed by atoms with E-state index >= 15 is 0 Å². The summed E-state index contributed by atoms with van der Waals surface area (Å²) in [6.07, 6.45) is 5.44. The maximum absolute atomic E-state index is 9.44. The molecule has 3 heteroatoms. The predicted molar refractivity (Wildman–Crippen MR) is 75.4 cm³/mol. The number of rotatable bonds is 6. The summed E-state index contributed by atoms with van der Waals surface area (Å²) in [6, 6.07) is -0.0413. The first-order valence-electron chi connectivity index (χ1n) is 7.40. The van der Waals surface area contributed by atoms with E-state index in [-0.39, 0.29) is 24.9 Å². The number of hydrogen-bond acceptors (Lipinski definition) is 3. The fourth-order valence-electron chi connectivity index (χ4n) is 3.41. The molecule has 4 atom stereocenters. The summed E-state index contributed by atoms with van der Waals surface area (Å²) in [5, 5.41) is 9.44. The molecule has 3 N–H and O–H groups in total. The summed E-state index contributed by atoms with van der Waals surface area (Å²) in [5.41, 5.74) is 6.42. The standard InChI is InChI=1S/C15H31NO2/c1-5-6-13(16)14(10-17)18-12-7-11(2)8-15(3,4)9-12/h11-14,17H,5-10,16H2,1-4H3. The fourth-order valence-corrected chi connectivity index (χ4v) is 3.41. The van der Waals surface area contributed by atoms with Crippen LogP contribution in [0.1, 0.15) is 59.8 Å². The third kappa shape index (κ3) is 4.87. The maximum atomic E-state index is 9.44. The smallest absolute Gasteiger partial charge is 0.0959 e. The lowest BCUT2D eigenvalue weighted by molar-refractivity contribution is -0.0908. The minimum Gasteiger partial charge on any atom is -0.394 e. The quantitative estimate of drug-likeness (QED) is 0.769. The Morgan fingerprint density at radius 1 is 1.39 bits per heavy atom. The topological polar surface area (TPSA) is 55.5 Å². The highest BCUT2D eigenvalue weighted by Crippen LogP contribution is 2.40. The van der Waals surface area contributed by atoms with Gasteiger partial charge in [0.15, 0.2) is 0 Å². The molecule has 18 heavy (non-hydrogen) atoms. The molecule has 1 rings (SSSR count). The molecule has 0 aromatic carbocycles. The minimum atomic E-state index is -0.198. The van der Waals surface area contributed by atoms with E-state index in [4.69, 9.17) is 10.5 Å². The lowest BCUT2D eigenvalue weighted by Gasteiger charge is -2.40. The van der Waals surface area contributed by atoms with Crippen molar-refractivity contribution in [3.05, 3.63) is 0 Å². The average Bonchev–Trinajstić information content (AvgIpc) is 2.23. The van der Waals surface area contributed by atoms with Crippen molar-refractivity contribution in [3.8, 4) is 0 Å². The molecule has 0 radical (unpaired) electrons. The highest BCUT2D eigenvalue weighted by Gasteiger charge is 2.34. The van der Waals surface area contributed by atoms with Crippen molar-refractivity contribution < 1.29 is 9.84 Å². The van der Waals surface area contributed by atoms with Crippen molar-refractivity contribution in [2.24, 2.45) is 17.1 Å². The van der Waals surface area contributed by atoms with E-state index in [2.05, 4.69) is 27.7 Å². The van der Waals surface area contributed by atoms with Gasteiger partial charge in [0.05, 0.1) is 18.8 Å². The lowest BCUT2D eigenvalue weighted by Crippen LogP contribution is -2.44. The molecule has 0 saturated heterocycles. The monoisotopic (exact) mass is 257 g/mol. The van der Waals surface area contributed by atoms with Crippen LogP contribution < -0.4 is 5.73 Å². The van der Waals surface area contributed by atoms with Gasteiger partial charge in [-0.15, -0.1) is 0 Å². The largest absolute Gasteiger partial charge is 0.394 e. The molecule has 0 aromatic heterocycles. The Morgan fingerprint density at radius 3 is 2.56 bits per heavy atom. The number of aliphatic hydroxyl groups excluding tert-OH is 1. The van der Waals surface area contributed by atoms with Gasteiger partial charge in [0.25, 0.3) is 0 Å². The molecule has 0 aromatic rings. The van der Waals surface area contributed by atoms with Crippen LogP contribution in [0.25, 0.3) is 0 Å². The van der Waals surface area contributed by atoms with E-state index in [0.29, 0.717) is 11.3 Å². The van der Waals surface area contributed by atoms with Crippen molar-refractivity contribution in [1.29, 1.82) is 0 Å². The van der Waals surface area contributed by atoms with Crippen LogP contribution in [0, 0.1) is 11.3 Å². The van der Waals surface area contributed by atoms with E-state index in [1.54, 1.807) is 0 Å². The molecule has 1 aliphatic carbocycles. The summed E-state index contributed by atoms with van der Waals surface area (Å²) in [4.78, 5) is 0. The molecule has 1 fully saturated rings. The zero-order valence-corrected chi connectivity index (χ0v) is 12.5. The van der Waals surface area contributed by atoms with Crippen LogP contribution in [-0.4, -0.2) is 30.0 Å². The molecule has 108 valence electrons. The van der Waals surface area contributed by atoms with Crippen LogP contribution in [0.2, 0.25) is 0 Å². The van der Waals surface area contributed by atoms with Gasteiger partial charge in [-0.3, -0.25) is 0 Å². The van der Waals surface area contributed by atoms with Crippen LogP contribution in [0.5, 0.6) is 0 Å². The van der Waals surface area contributed by atoms with E-state index < -0.39 is 0 Å². The second kappa shape index (κ2) is 6.88. The van der Waals surface area contributed by atoms with Crippen LogP contribution in [0.4, 0.5) is 0 Å². The zero-order valence-electron chi connectivity index (χ0n) is 12.5. The van der Waals surface area contributed by atoms with Crippen LogP contribution >= 0.6 is 0 Å². The lowest BCUT2D eigenvalue weighted by atomic mass is 9.71. The Labute approximate surface area is 112 Å². The Bertz CT molecular complexity index is 243. The third-order valence-corrected chi connectivity index (χ3v) is 3.99. The van der Waals surface area contributed by atoms with Gasteiger partial charge in [-0.1, -0.05) is 34.1 Å². The normalized spacial score (nSPS) is 31.0. The number of aliphatic hydroxyl groups is 1. The first-order valence-corrected chi connectivity index (χ1v) is 7.40. The summed E-state index contributed by atoms with van der Waals surface area (Å²) >= 11 is 0. The zero-order chi connectivity index (χ0) is 13.8. The van der Waals surface area contributed by atoms with E-state index in [0.717, 1.165) is 25.7 Å². The second-order valence-electron chi connectivity index (χ2n) is 6.84. The highest BCUT2D eigenvalue weighted by molar-refractivity contribution is 4.85. The molecule has 1 aliphatic rings.